The molecule has 1 aliphatic heterocycles. The number of ether oxygens (including phenoxy) is 2. The van der Waals surface area contributed by atoms with E-state index in [1.165, 1.54) is 18.2 Å². The highest BCUT2D eigenvalue weighted by molar-refractivity contribution is 5.85. The van der Waals surface area contributed by atoms with E-state index < -0.39 is 12.8 Å². The standard InChI is InChI=1S/C16H21F3N2O3.ClH/c1-11-6-7-20-8-12(11)21-15(22)9-23-13-4-2-3-5-14(13)24-10-16(17,18)19;/h2-5,11-12,20H,6-10H2,1H3,(H,21,22);1H. The second-order valence-electron chi connectivity index (χ2n) is 5.78. The number of rotatable bonds is 6. The minimum absolute atomic E-state index is 0. The normalized spacial score (nSPS) is 20.3. The van der Waals surface area contributed by atoms with Crippen molar-refractivity contribution in [3.63, 3.8) is 0 Å². The lowest BCUT2D eigenvalue weighted by molar-refractivity contribution is -0.153. The molecule has 1 amide bonds. The van der Waals surface area contributed by atoms with Gasteiger partial charge in [-0.15, -0.1) is 12.4 Å². The first kappa shape index (κ1) is 21.4. The number of carbonyl (C=O) groups excluding carboxylic acids is 1. The highest BCUT2D eigenvalue weighted by Gasteiger charge is 2.29. The fraction of sp³-hybridized carbons (Fsp3) is 0.562. The molecule has 1 aromatic rings. The quantitative estimate of drug-likeness (QED) is 0.794. The summed E-state index contributed by atoms with van der Waals surface area (Å²) in [5.41, 5.74) is 0. The van der Waals surface area contributed by atoms with Crippen molar-refractivity contribution >= 4 is 18.3 Å². The molecule has 1 heterocycles. The van der Waals surface area contributed by atoms with Gasteiger partial charge in [-0.25, -0.2) is 0 Å². The lowest BCUT2D eigenvalue weighted by Gasteiger charge is -2.30. The first-order valence-electron chi connectivity index (χ1n) is 7.76. The van der Waals surface area contributed by atoms with Crippen molar-refractivity contribution in [1.29, 1.82) is 0 Å². The van der Waals surface area contributed by atoms with Gasteiger partial charge in [0.15, 0.2) is 24.7 Å². The van der Waals surface area contributed by atoms with E-state index >= 15 is 0 Å². The monoisotopic (exact) mass is 382 g/mol. The molecule has 0 saturated carbocycles. The van der Waals surface area contributed by atoms with Crippen LogP contribution in [-0.4, -0.2) is 44.4 Å². The number of hydrogen-bond acceptors (Lipinski definition) is 4. The van der Waals surface area contributed by atoms with E-state index in [9.17, 15) is 18.0 Å². The average Bonchev–Trinajstić information content (AvgIpc) is 2.53. The molecule has 0 bridgehead atoms. The van der Waals surface area contributed by atoms with Crippen LogP contribution in [0.1, 0.15) is 13.3 Å². The van der Waals surface area contributed by atoms with Gasteiger partial charge >= 0.3 is 6.18 Å². The minimum Gasteiger partial charge on any atom is -0.480 e. The molecule has 5 nitrogen and oxygen atoms in total. The Hall–Kier alpha value is -1.67. The number of nitrogens with one attached hydrogen (secondary N) is 2. The molecule has 2 N–H and O–H groups in total. The third-order valence-corrected chi connectivity index (χ3v) is 3.77. The summed E-state index contributed by atoms with van der Waals surface area (Å²) in [5.74, 6) is 0.0980. The summed E-state index contributed by atoms with van der Waals surface area (Å²) < 4.78 is 46.8. The van der Waals surface area contributed by atoms with E-state index in [0.717, 1.165) is 13.0 Å². The number of para-hydroxylation sites is 2. The van der Waals surface area contributed by atoms with Crippen LogP contribution in [0.2, 0.25) is 0 Å². The number of hydrogen-bond donors (Lipinski definition) is 2. The second-order valence-corrected chi connectivity index (χ2v) is 5.78. The number of carbonyl (C=O) groups is 1. The Balaban J connectivity index is 0.00000312. The maximum absolute atomic E-state index is 12.2. The molecule has 0 radical (unpaired) electrons. The van der Waals surface area contributed by atoms with Crippen molar-refractivity contribution in [2.75, 3.05) is 26.3 Å². The number of piperidine rings is 1. The third kappa shape index (κ3) is 7.39. The first-order chi connectivity index (χ1) is 11.3. The fourth-order valence-corrected chi connectivity index (χ4v) is 2.42. The Morgan fingerprint density at radius 2 is 1.92 bits per heavy atom. The van der Waals surface area contributed by atoms with Gasteiger partial charge in [-0.05, 0) is 31.0 Å². The predicted molar refractivity (Wildman–Crippen MR) is 89.3 cm³/mol. The lowest BCUT2D eigenvalue weighted by atomic mass is 9.95. The second kappa shape index (κ2) is 9.72. The van der Waals surface area contributed by atoms with Crippen LogP contribution < -0.4 is 20.1 Å². The van der Waals surface area contributed by atoms with Crippen LogP contribution >= 0.6 is 12.4 Å². The van der Waals surface area contributed by atoms with Gasteiger partial charge in [0, 0.05) is 12.6 Å². The van der Waals surface area contributed by atoms with Crippen molar-refractivity contribution in [3.05, 3.63) is 24.3 Å². The molecule has 142 valence electrons. The minimum atomic E-state index is -4.44. The van der Waals surface area contributed by atoms with Gasteiger partial charge in [0.05, 0.1) is 0 Å². The number of alkyl halides is 3. The van der Waals surface area contributed by atoms with Gasteiger partial charge in [-0.1, -0.05) is 19.1 Å². The first-order valence-corrected chi connectivity index (χ1v) is 7.76. The zero-order valence-electron chi connectivity index (χ0n) is 13.8. The Bertz CT molecular complexity index is 558. The van der Waals surface area contributed by atoms with E-state index in [1.807, 2.05) is 0 Å². The molecule has 25 heavy (non-hydrogen) atoms. The van der Waals surface area contributed by atoms with Gasteiger partial charge in [-0.3, -0.25) is 4.79 Å². The third-order valence-electron chi connectivity index (χ3n) is 3.77. The smallest absolute Gasteiger partial charge is 0.422 e. The van der Waals surface area contributed by atoms with Gasteiger partial charge in [0.25, 0.3) is 5.91 Å². The topological polar surface area (TPSA) is 59.6 Å². The number of benzene rings is 1. The summed E-state index contributed by atoms with van der Waals surface area (Å²) in [4.78, 5) is 12.0. The molecule has 0 aromatic heterocycles. The molecule has 2 unspecified atom stereocenters. The molecule has 2 atom stereocenters. The van der Waals surface area contributed by atoms with Gasteiger partial charge < -0.3 is 20.1 Å². The van der Waals surface area contributed by atoms with E-state index in [-0.39, 0.29) is 42.5 Å². The molecular weight excluding hydrogens is 361 g/mol. The average molecular weight is 383 g/mol. The largest absolute Gasteiger partial charge is 0.480 e. The molecule has 0 spiro atoms. The van der Waals surface area contributed by atoms with E-state index in [1.54, 1.807) is 6.07 Å². The van der Waals surface area contributed by atoms with E-state index in [2.05, 4.69) is 17.6 Å². The van der Waals surface area contributed by atoms with E-state index in [4.69, 9.17) is 9.47 Å². The lowest BCUT2D eigenvalue weighted by Crippen LogP contribution is -2.51. The highest BCUT2D eigenvalue weighted by Crippen LogP contribution is 2.28. The summed E-state index contributed by atoms with van der Waals surface area (Å²) in [6.07, 6.45) is -3.46. The van der Waals surface area contributed by atoms with Crippen LogP contribution in [0.25, 0.3) is 0 Å². The van der Waals surface area contributed by atoms with Crippen molar-refractivity contribution in [2.24, 2.45) is 5.92 Å². The van der Waals surface area contributed by atoms with Crippen molar-refractivity contribution in [2.45, 2.75) is 25.6 Å². The van der Waals surface area contributed by atoms with Crippen LogP contribution in [0.5, 0.6) is 11.5 Å². The zero-order chi connectivity index (χ0) is 17.6. The van der Waals surface area contributed by atoms with Crippen LogP contribution in [0.4, 0.5) is 13.2 Å². The maximum atomic E-state index is 12.2. The van der Waals surface area contributed by atoms with E-state index in [0.29, 0.717) is 12.5 Å². The summed E-state index contributed by atoms with van der Waals surface area (Å²) in [6.45, 7) is 1.99. The maximum Gasteiger partial charge on any atom is 0.422 e. The fourth-order valence-electron chi connectivity index (χ4n) is 2.42. The van der Waals surface area contributed by atoms with Crippen LogP contribution in [0.15, 0.2) is 24.3 Å². The molecule has 9 heteroatoms. The van der Waals surface area contributed by atoms with Gasteiger partial charge in [0.1, 0.15) is 0 Å². The molecule has 0 aliphatic carbocycles. The Labute approximate surface area is 150 Å². The van der Waals surface area contributed by atoms with Gasteiger partial charge in [0.2, 0.25) is 0 Å². The highest BCUT2D eigenvalue weighted by atomic mass is 35.5. The molecule has 1 saturated heterocycles. The Morgan fingerprint density at radius 3 is 2.52 bits per heavy atom. The molecular formula is C16H22ClF3N2O3. The summed E-state index contributed by atoms with van der Waals surface area (Å²) >= 11 is 0. The SMILES string of the molecule is CC1CCNCC1NC(=O)COc1ccccc1OCC(F)(F)F.Cl. The van der Waals surface area contributed by atoms with Crippen LogP contribution in [0, 0.1) is 5.92 Å². The number of halogens is 4. The summed E-state index contributed by atoms with van der Waals surface area (Å²) in [7, 11) is 0. The van der Waals surface area contributed by atoms with Crippen molar-refractivity contribution in [3.8, 4) is 11.5 Å². The molecule has 2 rings (SSSR count). The van der Waals surface area contributed by atoms with Gasteiger partial charge in [-0.2, -0.15) is 13.2 Å². The van der Waals surface area contributed by atoms with Crippen LogP contribution in [0.3, 0.4) is 0 Å². The summed E-state index contributed by atoms with van der Waals surface area (Å²) in [5, 5.41) is 6.07. The Kier molecular flexibility index (Phi) is 8.31. The number of amides is 1. The summed E-state index contributed by atoms with van der Waals surface area (Å²) in [6, 6.07) is 5.98. The van der Waals surface area contributed by atoms with Crippen molar-refractivity contribution in [1.82, 2.24) is 10.6 Å². The van der Waals surface area contributed by atoms with Crippen molar-refractivity contribution < 1.29 is 27.4 Å². The molecule has 1 aliphatic rings. The Morgan fingerprint density at radius 1 is 1.28 bits per heavy atom. The molecule has 1 fully saturated rings. The molecule has 1 aromatic carbocycles. The zero-order valence-corrected chi connectivity index (χ0v) is 14.6. The van der Waals surface area contributed by atoms with Crippen LogP contribution in [-0.2, 0) is 4.79 Å². The predicted octanol–water partition coefficient (Wildman–Crippen LogP) is 2.54.